The Labute approximate surface area is 132 Å². The van der Waals surface area contributed by atoms with E-state index in [-0.39, 0.29) is 5.91 Å². The topological polar surface area (TPSA) is 20.3 Å². The molecule has 1 aromatic rings. The van der Waals surface area contributed by atoms with E-state index < -0.39 is 0 Å². The highest BCUT2D eigenvalue weighted by molar-refractivity contribution is 9.09. The molecule has 5 heteroatoms. The van der Waals surface area contributed by atoms with Crippen molar-refractivity contribution in [3.8, 4) is 0 Å². The maximum atomic E-state index is 12.5. The number of hydrogen-bond acceptors (Lipinski definition) is 1. The van der Waals surface area contributed by atoms with E-state index in [9.17, 15) is 4.79 Å². The maximum absolute atomic E-state index is 12.5. The number of benzene rings is 1. The summed E-state index contributed by atoms with van der Waals surface area (Å²) >= 11 is 15.4. The summed E-state index contributed by atoms with van der Waals surface area (Å²) in [6.07, 6.45) is 3.38. The van der Waals surface area contributed by atoms with Crippen molar-refractivity contribution in [3.63, 3.8) is 0 Å². The predicted octanol–water partition coefficient (Wildman–Crippen LogP) is 4.63. The number of amides is 1. The van der Waals surface area contributed by atoms with Crippen LogP contribution >= 0.6 is 39.1 Å². The predicted molar refractivity (Wildman–Crippen MR) is 83.5 cm³/mol. The molecule has 1 aliphatic heterocycles. The molecule has 1 unspecified atom stereocenters. The Morgan fingerprint density at radius 3 is 2.63 bits per heavy atom. The van der Waals surface area contributed by atoms with Gasteiger partial charge in [-0.3, -0.25) is 4.79 Å². The first kappa shape index (κ1) is 15.1. The molecule has 0 bridgehead atoms. The Kier molecular flexibility index (Phi) is 5.55. The minimum Gasteiger partial charge on any atom is -0.338 e. The number of carbonyl (C=O) groups excluding carboxylic acids is 1. The molecule has 0 aliphatic carbocycles. The smallest absolute Gasteiger partial charge is 0.253 e. The standard InChI is InChI=1S/C14H16BrCl2NO/c15-4-3-10-2-1-5-18(9-10)14(19)11-6-12(16)8-13(17)7-11/h6-8,10H,1-5,9H2. The van der Waals surface area contributed by atoms with Gasteiger partial charge in [-0.05, 0) is 43.4 Å². The average molecular weight is 365 g/mol. The van der Waals surface area contributed by atoms with E-state index in [0.717, 1.165) is 31.3 Å². The third kappa shape index (κ3) is 4.11. The number of rotatable bonds is 3. The van der Waals surface area contributed by atoms with Crippen LogP contribution in [-0.4, -0.2) is 29.2 Å². The number of carbonyl (C=O) groups is 1. The first-order valence-electron chi connectivity index (χ1n) is 6.41. The van der Waals surface area contributed by atoms with Gasteiger partial charge < -0.3 is 4.90 Å². The van der Waals surface area contributed by atoms with Gasteiger partial charge in [0, 0.05) is 34.0 Å². The lowest BCUT2D eigenvalue weighted by atomic mass is 9.95. The molecule has 2 rings (SSSR count). The van der Waals surface area contributed by atoms with E-state index in [1.54, 1.807) is 18.2 Å². The summed E-state index contributed by atoms with van der Waals surface area (Å²) in [7, 11) is 0. The summed E-state index contributed by atoms with van der Waals surface area (Å²) in [4.78, 5) is 14.4. The third-order valence-electron chi connectivity index (χ3n) is 3.43. The van der Waals surface area contributed by atoms with E-state index in [0.29, 0.717) is 21.5 Å². The van der Waals surface area contributed by atoms with Crippen LogP contribution < -0.4 is 0 Å². The van der Waals surface area contributed by atoms with E-state index in [2.05, 4.69) is 15.9 Å². The number of likely N-dealkylation sites (tertiary alicyclic amines) is 1. The summed E-state index contributed by atoms with van der Waals surface area (Å²) in [6, 6.07) is 5.01. The van der Waals surface area contributed by atoms with Crippen molar-refractivity contribution in [2.75, 3.05) is 18.4 Å². The fourth-order valence-corrected chi connectivity index (χ4v) is 3.67. The second kappa shape index (κ2) is 6.96. The molecule has 1 saturated heterocycles. The molecule has 0 saturated carbocycles. The number of alkyl halides is 1. The van der Waals surface area contributed by atoms with Crippen LogP contribution in [0.4, 0.5) is 0 Å². The van der Waals surface area contributed by atoms with Crippen LogP contribution in [0, 0.1) is 5.92 Å². The summed E-state index contributed by atoms with van der Waals surface area (Å²) in [6.45, 7) is 1.65. The van der Waals surface area contributed by atoms with Crippen LogP contribution in [0.15, 0.2) is 18.2 Å². The van der Waals surface area contributed by atoms with Crippen molar-refractivity contribution in [1.29, 1.82) is 0 Å². The molecule has 1 aliphatic rings. The average Bonchev–Trinajstić information content (AvgIpc) is 2.37. The summed E-state index contributed by atoms with van der Waals surface area (Å²) in [5.41, 5.74) is 0.581. The first-order valence-corrected chi connectivity index (χ1v) is 8.29. The van der Waals surface area contributed by atoms with Crippen molar-refractivity contribution < 1.29 is 4.79 Å². The van der Waals surface area contributed by atoms with Crippen molar-refractivity contribution in [3.05, 3.63) is 33.8 Å². The molecule has 1 fully saturated rings. The molecule has 1 heterocycles. The van der Waals surface area contributed by atoms with Crippen LogP contribution in [0.25, 0.3) is 0 Å². The lowest BCUT2D eigenvalue weighted by Crippen LogP contribution is -2.40. The van der Waals surface area contributed by atoms with E-state index in [1.807, 2.05) is 4.90 Å². The van der Waals surface area contributed by atoms with Gasteiger partial charge in [0.25, 0.3) is 5.91 Å². The Bertz CT molecular complexity index is 445. The second-order valence-electron chi connectivity index (χ2n) is 4.90. The van der Waals surface area contributed by atoms with Gasteiger partial charge in [-0.2, -0.15) is 0 Å². The van der Waals surface area contributed by atoms with Gasteiger partial charge in [0.05, 0.1) is 0 Å². The lowest BCUT2D eigenvalue weighted by molar-refractivity contribution is 0.0672. The van der Waals surface area contributed by atoms with Crippen molar-refractivity contribution in [2.24, 2.45) is 5.92 Å². The molecule has 1 atom stereocenters. The number of nitrogens with zero attached hydrogens (tertiary/aromatic N) is 1. The third-order valence-corrected chi connectivity index (χ3v) is 4.33. The highest BCUT2D eigenvalue weighted by atomic mass is 79.9. The highest BCUT2D eigenvalue weighted by Gasteiger charge is 2.24. The molecular formula is C14H16BrCl2NO. The zero-order valence-electron chi connectivity index (χ0n) is 10.5. The Hall–Kier alpha value is -0.250. The van der Waals surface area contributed by atoms with Gasteiger partial charge >= 0.3 is 0 Å². The van der Waals surface area contributed by atoms with Crippen LogP contribution in [0.2, 0.25) is 10.0 Å². The normalized spacial score (nSPS) is 19.5. The van der Waals surface area contributed by atoms with Gasteiger partial charge in [0.15, 0.2) is 0 Å². The quantitative estimate of drug-likeness (QED) is 0.716. The molecule has 104 valence electrons. The van der Waals surface area contributed by atoms with E-state index in [4.69, 9.17) is 23.2 Å². The summed E-state index contributed by atoms with van der Waals surface area (Å²) in [5.74, 6) is 0.621. The molecule has 2 nitrogen and oxygen atoms in total. The fraction of sp³-hybridized carbons (Fsp3) is 0.500. The van der Waals surface area contributed by atoms with E-state index in [1.165, 1.54) is 6.42 Å². The van der Waals surface area contributed by atoms with Crippen LogP contribution in [0.5, 0.6) is 0 Å². The molecule has 19 heavy (non-hydrogen) atoms. The van der Waals surface area contributed by atoms with Crippen molar-refractivity contribution in [2.45, 2.75) is 19.3 Å². The minimum absolute atomic E-state index is 0.0312. The largest absolute Gasteiger partial charge is 0.338 e. The van der Waals surface area contributed by atoms with Gasteiger partial charge in [0.2, 0.25) is 0 Å². The molecule has 1 aromatic carbocycles. The second-order valence-corrected chi connectivity index (χ2v) is 6.56. The van der Waals surface area contributed by atoms with E-state index >= 15 is 0 Å². The molecular weight excluding hydrogens is 349 g/mol. The molecule has 0 aromatic heterocycles. The molecule has 0 spiro atoms. The Morgan fingerprint density at radius 2 is 2.00 bits per heavy atom. The number of piperidine rings is 1. The molecule has 0 N–H and O–H groups in total. The Balaban J connectivity index is 2.10. The number of hydrogen-bond donors (Lipinski definition) is 0. The van der Waals surface area contributed by atoms with Crippen molar-refractivity contribution in [1.82, 2.24) is 4.90 Å². The molecule has 1 amide bonds. The number of halogens is 3. The van der Waals surface area contributed by atoms with Gasteiger partial charge in [0.1, 0.15) is 0 Å². The van der Waals surface area contributed by atoms with Crippen LogP contribution in [0.3, 0.4) is 0 Å². The first-order chi connectivity index (χ1) is 9.10. The lowest BCUT2D eigenvalue weighted by Gasteiger charge is -2.32. The van der Waals surface area contributed by atoms with Gasteiger partial charge in [-0.25, -0.2) is 0 Å². The highest BCUT2D eigenvalue weighted by Crippen LogP contribution is 2.24. The monoisotopic (exact) mass is 363 g/mol. The zero-order chi connectivity index (χ0) is 13.8. The van der Waals surface area contributed by atoms with Gasteiger partial charge in [-0.15, -0.1) is 0 Å². The minimum atomic E-state index is 0.0312. The zero-order valence-corrected chi connectivity index (χ0v) is 13.6. The van der Waals surface area contributed by atoms with Gasteiger partial charge in [-0.1, -0.05) is 39.1 Å². The van der Waals surface area contributed by atoms with Crippen molar-refractivity contribution >= 4 is 45.0 Å². The maximum Gasteiger partial charge on any atom is 0.253 e. The van der Waals surface area contributed by atoms with Crippen LogP contribution in [0.1, 0.15) is 29.6 Å². The Morgan fingerprint density at radius 1 is 1.32 bits per heavy atom. The van der Waals surface area contributed by atoms with Crippen LogP contribution in [-0.2, 0) is 0 Å². The summed E-state index contributed by atoms with van der Waals surface area (Å²) < 4.78 is 0. The fourth-order valence-electron chi connectivity index (χ4n) is 2.50. The SMILES string of the molecule is O=C(c1cc(Cl)cc(Cl)c1)N1CCCC(CCBr)C1. The molecule has 0 radical (unpaired) electrons. The summed E-state index contributed by atoms with van der Waals surface area (Å²) in [5, 5.41) is 2.00.